The molecule has 6 heteroatoms. The fourth-order valence-corrected chi connectivity index (χ4v) is 1.70. The van der Waals surface area contributed by atoms with Crippen LogP contribution in [0.4, 0.5) is 13.2 Å². The third-order valence-electron chi connectivity index (χ3n) is 2.51. The van der Waals surface area contributed by atoms with Crippen molar-refractivity contribution in [3.63, 3.8) is 0 Å². The van der Waals surface area contributed by atoms with E-state index < -0.39 is 17.9 Å². The van der Waals surface area contributed by atoms with Crippen molar-refractivity contribution in [1.82, 2.24) is 0 Å². The number of para-hydroxylation sites is 1. The second-order valence-electron chi connectivity index (χ2n) is 3.84. The molecule has 0 aliphatic heterocycles. The summed E-state index contributed by atoms with van der Waals surface area (Å²) in [5, 5.41) is 8.89. The number of alkyl halides is 3. The van der Waals surface area contributed by atoms with Crippen LogP contribution in [0.5, 0.6) is 0 Å². The molecule has 0 atom stereocenters. The minimum absolute atomic E-state index is 0.103. The second-order valence-corrected chi connectivity index (χ2v) is 3.84. The Morgan fingerprint density at radius 3 is 2.67 bits per heavy atom. The number of carbonyl (C=O) groups is 1. The zero-order valence-electron chi connectivity index (χ0n) is 9.12. The molecule has 0 amide bonds. The molecule has 0 radical (unpaired) electrons. The number of furan rings is 1. The van der Waals surface area contributed by atoms with Crippen LogP contribution < -0.4 is 0 Å². The van der Waals surface area contributed by atoms with Crippen molar-refractivity contribution in [1.29, 1.82) is 0 Å². The number of carboxylic acids is 1. The van der Waals surface area contributed by atoms with Gasteiger partial charge in [0.25, 0.3) is 0 Å². The topological polar surface area (TPSA) is 50.4 Å². The summed E-state index contributed by atoms with van der Waals surface area (Å²) in [6.07, 6.45) is -4.55. The van der Waals surface area contributed by atoms with Crippen LogP contribution in [0.25, 0.3) is 11.0 Å². The standard InChI is InChI=1S/C12H9F3O3/c13-12(14,15)9-6-8-3-1-2-7(11(8)18-9)4-5-10(16)17/h1-3,6H,4-5H2,(H,16,17). The molecule has 0 unspecified atom stereocenters. The van der Waals surface area contributed by atoms with Gasteiger partial charge in [-0.15, -0.1) is 0 Å². The van der Waals surface area contributed by atoms with Crippen molar-refractivity contribution in [2.45, 2.75) is 19.0 Å². The van der Waals surface area contributed by atoms with Crippen LogP contribution in [-0.2, 0) is 17.4 Å². The maximum absolute atomic E-state index is 12.5. The van der Waals surface area contributed by atoms with E-state index in [4.69, 9.17) is 9.52 Å². The van der Waals surface area contributed by atoms with Gasteiger partial charge in [-0.2, -0.15) is 13.2 Å². The fourth-order valence-electron chi connectivity index (χ4n) is 1.70. The highest BCUT2D eigenvalue weighted by atomic mass is 19.4. The molecule has 0 spiro atoms. The molecule has 0 saturated carbocycles. The molecular weight excluding hydrogens is 249 g/mol. The Labute approximate surface area is 99.8 Å². The molecule has 0 fully saturated rings. The Hall–Kier alpha value is -1.98. The molecule has 0 aliphatic rings. The number of halogens is 3. The van der Waals surface area contributed by atoms with Gasteiger partial charge < -0.3 is 9.52 Å². The smallest absolute Gasteiger partial charge is 0.449 e. The number of rotatable bonds is 3. The quantitative estimate of drug-likeness (QED) is 0.917. The Bertz CT molecular complexity index is 584. The van der Waals surface area contributed by atoms with Gasteiger partial charge >= 0.3 is 12.1 Å². The van der Waals surface area contributed by atoms with E-state index in [9.17, 15) is 18.0 Å². The van der Waals surface area contributed by atoms with E-state index in [1.807, 2.05) is 0 Å². The van der Waals surface area contributed by atoms with Gasteiger partial charge in [0.05, 0.1) is 0 Å². The lowest BCUT2D eigenvalue weighted by Crippen LogP contribution is -2.02. The molecule has 1 heterocycles. The van der Waals surface area contributed by atoms with E-state index in [1.165, 1.54) is 6.07 Å². The molecule has 0 aliphatic carbocycles. The first-order chi connectivity index (χ1) is 8.38. The first-order valence-electron chi connectivity index (χ1n) is 5.18. The second kappa shape index (κ2) is 4.36. The monoisotopic (exact) mass is 258 g/mol. The summed E-state index contributed by atoms with van der Waals surface area (Å²) >= 11 is 0. The van der Waals surface area contributed by atoms with Gasteiger partial charge in [0.2, 0.25) is 5.76 Å². The molecule has 3 nitrogen and oxygen atoms in total. The van der Waals surface area contributed by atoms with E-state index in [0.717, 1.165) is 6.07 Å². The Morgan fingerprint density at radius 1 is 1.33 bits per heavy atom. The molecule has 96 valence electrons. The highest BCUT2D eigenvalue weighted by Crippen LogP contribution is 2.35. The van der Waals surface area contributed by atoms with E-state index in [1.54, 1.807) is 12.1 Å². The molecule has 18 heavy (non-hydrogen) atoms. The van der Waals surface area contributed by atoms with Gasteiger partial charge in [0.15, 0.2) is 0 Å². The molecule has 1 aromatic heterocycles. The lowest BCUT2D eigenvalue weighted by atomic mass is 10.1. The lowest BCUT2D eigenvalue weighted by Gasteiger charge is -2.01. The van der Waals surface area contributed by atoms with Gasteiger partial charge in [-0.3, -0.25) is 4.79 Å². The molecule has 2 aromatic rings. The van der Waals surface area contributed by atoms with Crippen LogP contribution in [0.2, 0.25) is 0 Å². The number of hydrogen-bond acceptors (Lipinski definition) is 2. The molecular formula is C12H9F3O3. The highest BCUT2D eigenvalue weighted by molar-refractivity contribution is 5.81. The van der Waals surface area contributed by atoms with E-state index in [2.05, 4.69) is 0 Å². The number of hydrogen-bond donors (Lipinski definition) is 1. The predicted molar refractivity (Wildman–Crippen MR) is 57.2 cm³/mol. The minimum atomic E-state index is -4.54. The SMILES string of the molecule is O=C(O)CCc1cccc2cc(C(F)(F)F)oc12. The minimum Gasteiger partial charge on any atom is -0.481 e. The lowest BCUT2D eigenvalue weighted by molar-refractivity contribution is -0.152. The van der Waals surface area contributed by atoms with Crippen molar-refractivity contribution in [3.05, 3.63) is 35.6 Å². The zero-order valence-corrected chi connectivity index (χ0v) is 9.12. The van der Waals surface area contributed by atoms with E-state index >= 15 is 0 Å². The van der Waals surface area contributed by atoms with Crippen LogP contribution in [0, 0.1) is 0 Å². The molecule has 0 bridgehead atoms. The summed E-state index contributed by atoms with van der Waals surface area (Å²) in [6, 6.07) is 5.56. The van der Waals surface area contributed by atoms with Crippen LogP contribution in [0.1, 0.15) is 17.7 Å². The van der Waals surface area contributed by atoms with Crippen molar-refractivity contribution < 1.29 is 27.5 Å². The van der Waals surface area contributed by atoms with Gasteiger partial charge in [-0.1, -0.05) is 18.2 Å². The first-order valence-corrected chi connectivity index (χ1v) is 5.18. The third-order valence-corrected chi connectivity index (χ3v) is 2.51. The molecule has 2 rings (SSSR count). The van der Waals surface area contributed by atoms with Crippen molar-refractivity contribution in [3.8, 4) is 0 Å². The van der Waals surface area contributed by atoms with Gasteiger partial charge in [-0.25, -0.2) is 0 Å². The number of fused-ring (bicyclic) bond motifs is 1. The highest BCUT2D eigenvalue weighted by Gasteiger charge is 2.35. The normalized spacial score (nSPS) is 11.9. The van der Waals surface area contributed by atoms with Crippen molar-refractivity contribution >= 4 is 16.9 Å². The van der Waals surface area contributed by atoms with Crippen LogP contribution in [-0.4, -0.2) is 11.1 Å². The fraction of sp³-hybridized carbons (Fsp3) is 0.250. The zero-order chi connectivity index (χ0) is 13.3. The maximum atomic E-state index is 12.5. The summed E-state index contributed by atoms with van der Waals surface area (Å²) in [5.41, 5.74) is 0.566. The summed E-state index contributed by atoms with van der Waals surface area (Å²) < 4.78 is 42.2. The van der Waals surface area contributed by atoms with Gasteiger partial charge in [0.1, 0.15) is 5.58 Å². The average Bonchev–Trinajstić information content (AvgIpc) is 2.69. The van der Waals surface area contributed by atoms with Crippen molar-refractivity contribution in [2.75, 3.05) is 0 Å². The number of benzene rings is 1. The van der Waals surface area contributed by atoms with E-state index in [-0.39, 0.29) is 18.4 Å². The third kappa shape index (κ3) is 2.47. The number of aliphatic carboxylic acids is 1. The summed E-state index contributed by atoms with van der Waals surface area (Å²) in [5.74, 6) is -2.07. The summed E-state index contributed by atoms with van der Waals surface area (Å²) in [4.78, 5) is 10.5. The number of carboxylic acid groups (broad SMARTS) is 1. The van der Waals surface area contributed by atoms with E-state index in [0.29, 0.717) is 10.9 Å². The predicted octanol–water partition coefficient (Wildman–Crippen LogP) is 3.47. The molecule has 0 saturated heterocycles. The van der Waals surface area contributed by atoms with Gasteiger partial charge in [0, 0.05) is 11.8 Å². The summed E-state index contributed by atoms with van der Waals surface area (Å²) in [7, 11) is 0. The Balaban J connectivity index is 2.42. The largest absolute Gasteiger partial charge is 0.481 e. The Morgan fingerprint density at radius 2 is 2.06 bits per heavy atom. The van der Waals surface area contributed by atoms with Crippen LogP contribution in [0.3, 0.4) is 0 Å². The average molecular weight is 258 g/mol. The maximum Gasteiger partial charge on any atom is 0.449 e. The molecule has 1 N–H and O–H groups in total. The number of aryl methyl sites for hydroxylation is 1. The van der Waals surface area contributed by atoms with Crippen LogP contribution in [0.15, 0.2) is 28.7 Å². The first kappa shape index (κ1) is 12.5. The molecule has 1 aromatic carbocycles. The Kier molecular flexibility index (Phi) is 3.02. The summed E-state index contributed by atoms with van der Waals surface area (Å²) in [6.45, 7) is 0. The van der Waals surface area contributed by atoms with Crippen molar-refractivity contribution in [2.24, 2.45) is 0 Å². The van der Waals surface area contributed by atoms with Crippen LogP contribution >= 0.6 is 0 Å². The van der Waals surface area contributed by atoms with Gasteiger partial charge in [-0.05, 0) is 18.1 Å².